The maximum Gasteiger partial charge on any atom is 0.238 e. The standard InChI is InChI=1S/C24H33N3O4/c1-18-7-6-8-19(2)24(18)25-23(29)16-27-13-11-26(12-14-27)15-20(28)17-31-22-10-5-4-9-21(22)30-3/h4-10,20,28H,11-17H2,1-3H3,(H,25,29)/i6D,7D,8D,15D2,16D2,17D2,20D. The van der Waals surface area contributed by atoms with Crippen LogP contribution in [0.5, 0.6) is 11.5 Å². The highest BCUT2D eigenvalue weighted by Gasteiger charge is 2.21. The number of rotatable bonds is 9. The molecule has 168 valence electrons. The quantitative estimate of drug-likeness (QED) is 0.627. The molecular formula is C24H33N3O4. The summed E-state index contributed by atoms with van der Waals surface area (Å²) in [6.07, 6.45) is -3.46. The zero-order chi connectivity index (χ0) is 31.1. The van der Waals surface area contributed by atoms with Crippen LogP contribution in [0.25, 0.3) is 0 Å². The van der Waals surface area contributed by atoms with Crippen LogP contribution in [-0.2, 0) is 4.79 Å². The maximum absolute atomic E-state index is 13.0. The first kappa shape index (κ1) is 13.1. The van der Waals surface area contributed by atoms with Crippen LogP contribution in [0.15, 0.2) is 42.4 Å². The van der Waals surface area contributed by atoms with E-state index in [1.165, 1.54) is 39.2 Å². The lowest BCUT2D eigenvalue weighted by molar-refractivity contribution is -0.117. The van der Waals surface area contributed by atoms with Crippen molar-refractivity contribution in [1.82, 2.24) is 9.80 Å². The van der Waals surface area contributed by atoms with Crippen molar-refractivity contribution in [3.63, 3.8) is 0 Å². The number of β-amino-alcohol motifs (C(OH)–C–C–N with tert-alkyl or cyclic N) is 1. The molecule has 1 amide bonds. The van der Waals surface area contributed by atoms with E-state index in [2.05, 4.69) is 5.32 Å². The molecule has 2 N–H and O–H groups in total. The van der Waals surface area contributed by atoms with Gasteiger partial charge < -0.3 is 19.9 Å². The summed E-state index contributed by atoms with van der Waals surface area (Å²) in [5.74, 6) is -1.13. The predicted molar refractivity (Wildman–Crippen MR) is 122 cm³/mol. The minimum atomic E-state index is -3.46. The van der Waals surface area contributed by atoms with Crippen LogP contribution >= 0.6 is 0 Å². The molecular weight excluding hydrogens is 394 g/mol. The second-order valence-corrected chi connectivity index (χ2v) is 6.86. The summed E-state index contributed by atoms with van der Waals surface area (Å²) in [5.41, 5.74) is 0.492. The fourth-order valence-electron chi connectivity index (χ4n) is 3.01. The highest BCUT2D eigenvalue weighted by molar-refractivity contribution is 5.93. The molecule has 0 saturated carbocycles. The molecule has 0 aromatic heterocycles. The number of hydrogen-bond donors (Lipinski definition) is 2. The Morgan fingerprint density at radius 1 is 1.19 bits per heavy atom. The van der Waals surface area contributed by atoms with Gasteiger partial charge in [0.25, 0.3) is 0 Å². The number of nitrogens with one attached hydrogen (secondary N) is 1. The second-order valence-electron chi connectivity index (χ2n) is 6.86. The van der Waals surface area contributed by atoms with E-state index in [4.69, 9.17) is 23.2 Å². The minimum Gasteiger partial charge on any atom is -0.493 e. The van der Waals surface area contributed by atoms with Gasteiger partial charge in [-0.15, -0.1) is 0 Å². The largest absolute Gasteiger partial charge is 0.493 e. The number of nitrogens with zero attached hydrogens (tertiary/aromatic N) is 2. The van der Waals surface area contributed by atoms with Crippen LogP contribution in [0.2, 0.25) is 0 Å². The Kier molecular flexibility index (Phi) is 4.69. The van der Waals surface area contributed by atoms with Crippen molar-refractivity contribution in [2.24, 2.45) is 0 Å². The SMILES string of the molecule is [2H]c1c([2H])c(C)c(NC(=O)C([2H])([2H])N2CCN(C([2H])([2H])C([2H])(O)C([2H])([2H])Oc3ccccc3OC)CC2)c(C)c1[2H]. The summed E-state index contributed by atoms with van der Waals surface area (Å²) in [6, 6.07) is 5.10. The summed E-state index contributed by atoms with van der Waals surface area (Å²) in [5, 5.41) is 13.3. The topological polar surface area (TPSA) is 74.3 Å². The summed E-state index contributed by atoms with van der Waals surface area (Å²) < 4.78 is 92.7. The first-order chi connectivity index (χ1) is 18.8. The number of carbonyl (C=O) groups excluding carboxylic acids is 1. The highest BCUT2D eigenvalue weighted by atomic mass is 16.5. The zero-order valence-electron chi connectivity index (χ0n) is 27.7. The third kappa shape index (κ3) is 6.69. The van der Waals surface area contributed by atoms with Gasteiger partial charge in [-0.2, -0.15) is 0 Å². The molecule has 1 heterocycles. The van der Waals surface area contributed by atoms with Crippen LogP contribution in [0, 0.1) is 13.8 Å². The van der Waals surface area contributed by atoms with E-state index in [9.17, 15) is 9.90 Å². The predicted octanol–water partition coefficient (Wildman–Crippen LogP) is 2.31. The van der Waals surface area contributed by atoms with Crippen molar-refractivity contribution in [1.29, 1.82) is 0 Å². The van der Waals surface area contributed by atoms with Crippen LogP contribution in [-0.4, -0.2) is 79.7 Å². The average molecular weight is 438 g/mol. The van der Waals surface area contributed by atoms with Crippen molar-refractivity contribution in [2.75, 3.05) is 58.2 Å². The zero-order valence-corrected chi connectivity index (χ0v) is 17.7. The average Bonchev–Trinajstić information content (AvgIpc) is 2.92. The van der Waals surface area contributed by atoms with Crippen molar-refractivity contribution in [3.8, 4) is 11.5 Å². The van der Waals surface area contributed by atoms with Gasteiger partial charge in [0, 0.05) is 41.1 Å². The molecule has 31 heavy (non-hydrogen) atoms. The number of aliphatic hydroxyl groups is 1. The summed E-state index contributed by atoms with van der Waals surface area (Å²) >= 11 is 0. The number of benzene rings is 2. The van der Waals surface area contributed by atoms with Gasteiger partial charge in [-0.05, 0) is 37.1 Å². The third-order valence-electron chi connectivity index (χ3n) is 4.62. The molecule has 1 fully saturated rings. The van der Waals surface area contributed by atoms with E-state index in [0.29, 0.717) is 0 Å². The van der Waals surface area contributed by atoms with Crippen LogP contribution in [0.1, 0.15) is 24.8 Å². The van der Waals surface area contributed by atoms with E-state index in [-0.39, 0.29) is 72.6 Å². The molecule has 0 radical (unpaired) electrons. The van der Waals surface area contributed by atoms with Gasteiger partial charge in [-0.1, -0.05) is 30.3 Å². The third-order valence-corrected chi connectivity index (χ3v) is 4.62. The van der Waals surface area contributed by atoms with E-state index in [1.807, 2.05) is 0 Å². The Hall–Kier alpha value is -2.61. The Bertz CT molecular complexity index is 1270. The van der Waals surface area contributed by atoms with E-state index >= 15 is 0 Å². The molecule has 2 aromatic carbocycles. The van der Waals surface area contributed by atoms with E-state index in [0.717, 1.165) is 9.80 Å². The molecule has 0 bridgehead atoms. The molecule has 0 aliphatic carbocycles. The summed E-state index contributed by atoms with van der Waals surface area (Å²) in [6.45, 7) is -6.90. The van der Waals surface area contributed by atoms with Crippen molar-refractivity contribution >= 4 is 11.6 Å². The number of anilines is 1. The molecule has 2 aromatic rings. The van der Waals surface area contributed by atoms with E-state index in [1.54, 1.807) is 6.07 Å². The highest BCUT2D eigenvalue weighted by Crippen LogP contribution is 2.25. The Balaban J connectivity index is 1.74. The molecule has 3 rings (SSSR count). The van der Waals surface area contributed by atoms with Gasteiger partial charge in [0.05, 0.1) is 24.6 Å². The summed E-state index contributed by atoms with van der Waals surface area (Å²) in [7, 11) is 1.32. The summed E-state index contributed by atoms with van der Waals surface area (Å²) in [4.78, 5) is 15.1. The van der Waals surface area contributed by atoms with Crippen molar-refractivity contribution < 1.29 is 33.1 Å². The fraction of sp³-hybridized carbons (Fsp3) is 0.458. The molecule has 1 aliphatic heterocycles. The van der Waals surface area contributed by atoms with Gasteiger partial charge in [0.15, 0.2) is 11.5 Å². The van der Waals surface area contributed by atoms with Gasteiger partial charge in [0.2, 0.25) is 5.91 Å². The molecule has 1 unspecified atom stereocenters. The normalized spacial score (nSPS) is 23.1. The van der Waals surface area contributed by atoms with Crippen molar-refractivity contribution in [3.05, 3.63) is 53.5 Å². The first-order valence-corrected chi connectivity index (χ1v) is 9.74. The molecule has 1 aliphatic rings. The first-order valence-electron chi connectivity index (χ1n) is 14.7. The lowest BCUT2D eigenvalue weighted by Crippen LogP contribution is -2.50. The smallest absolute Gasteiger partial charge is 0.238 e. The number of hydrogen-bond acceptors (Lipinski definition) is 6. The number of para-hydroxylation sites is 3. The number of carbonyl (C=O) groups is 1. The number of ether oxygens (including phenoxy) is 2. The van der Waals surface area contributed by atoms with Gasteiger partial charge in [-0.3, -0.25) is 14.6 Å². The molecule has 7 nitrogen and oxygen atoms in total. The van der Waals surface area contributed by atoms with Gasteiger partial charge >= 0.3 is 0 Å². The van der Waals surface area contributed by atoms with Gasteiger partial charge in [0.1, 0.15) is 12.6 Å². The van der Waals surface area contributed by atoms with Crippen LogP contribution < -0.4 is 14.8 Å². The number of amides is 1. The van der Waals surface area contributed by atoms with Crippen molar-refractivity contribution in [2.45, 2.75) is 19.9 Å². The number of piperazine rings is 1. The monoisotopic (exact) mass is 437 g/mol. The lowest BCUT2D eigenvalue weighted by atomic mass is 10.1. The van der Waals surface area contributed by atoms with E-state index < -0.39 is 31.5 Å². The molecule has 7 heteroatoms. The lowest BCUT2D eigenvalue weighted by Gasteiger charge is -2.35. The Labute approximate surface area is 198 Å². The van der Waals surface area contributed by atoms with Gasteiger partial charge in [-0.25, -0.2) is 0 Å². The Morgan fingerprint density at radius 3 is 2.45 bits per heavy atom. The van der Waals surface area contributed by atoms with Crippen LogP contribution in [0.3, 0.4) is 0 Å². The fourth-order valence-corrected chi connectivity index (χ4v) is 3.01. The molecule has 1 atom stereocenters. The van der Waals surface area contributed by atoms with Crippen LogP contribution in [0.4, 0.5) is 5.69 Å². The second kappa shape index (κ2) is 11.1. The minimum absolute atomic E-state index is 0.0661. The number of methoxy groups -OCH3 is 1. The molecule has 1 saturated heterocycles. The maximum atomic E-state index is 13.0. The molecule has 0 spiro atoms. The Morgan fingerprint density at radius 2 is 1.81 bits per heavy atom.